The van der Waals surface area contributed by atoms with Gasteiger partial charge in [0.25, 0.3) is 0 Å². The first-order valence-corrected chi connectivity index (χ1v) is 6.99. The molecule has 1 aromatic heterocycles. The molecule has 104 valence electrons. The van der Waals surface area contributed by atoms with Gasteiger partial charge in [-0.1, -0.05) is 24.3 Å². The maximum Gasteiger partial charge on any atom is 0.316 e. The SMILES string of the molecule is COc1ncc(CN2CCc3ccccc3CC2)cn1. The van der Waals surface area contributed by atoms with E-state index in [4.69, 9.17) is 4.74 Å². The summed E-state index contributed by atoms with van der Waals surface area (Å²) in [6.07, 6.45) is 5.94. The predicted octanol–water partition coefficient (Wildman–Crippen LogP) is 2.09. The van der Waals surface area contributed by atoms with Crippen LogP contribution in [0.2, 0.25) is 0 Å². The van der Waals surface area contributed by atoms with E-state index in [1.165, 1.54) is 11.1 Å². The zero-order valence-electron chi connectivity index (χ0n) is 11.7. The van der Waals surface area contributed by atoms with Crippen molar-refractivity contribution in [2.45, 2.75) is 19.4 Å². The smallest absolute Gasteiger partial charge is 0.316 e. The van der Waals surface area contributed by atoms with Gasteiger partial charge in [-0.3, -0.25) is 4.90 Å². The first-order chi connectivity index (χ1) is 9.85. The van der Waals surface area contributed by atoms with Gasteiger partial charge in [0.15, 0.2) is 0 Å². The standard InChI is InChI=1S/C16H19N3O/c1-20-16-17-10-13(11-18-16)12-19-8-6-14-4-2-3-5-15(14)7-9-19/h2-5,10-11H,6-9,12H2,1H3. The molecule has 0 radical (unpaired) electrons. The molecule has 0 atom stereocenters. The number of methoxy groups -OCH3 is 1. The van der Waals surface area contributed by atoms with Crippen LogP contribution in [0.15, 0.2) is 36.7 Å². The third-order valence-corrected chi connectivity index (χ3v) is 3.78. The second kappa shape index (κ2) is 6.01. The fourth-order valence-corrected chi connectivity index (χ4v) is 2.66. The molecule has 0 saturated carbocycles. The van der Waals surface area contributed by atoms with Gasteiger partial charge in [-0.2, -0.15) is 0 Å². The highest BCUT2D eigenvalue weighted by Crippen LogP contribution is 2.17. The number of ether oxygens (including phenoxy) is 1. The molecule has 0 bridgehead atoms. The summed E-state index contributed by atoms with van der Waals surface area (Å²) in [4.78, 5) is 10.8. The van der Waals surface area contributed by atoms with E-state index in [-0.39, 0.29) is 0 Å². The lowest BCUT2D eigenvalue weighted by molar-refractivity contribution is 0.278. The molecule has 0 spiro atoms. The molecule has 0 aliphatic carbocycles. The van der Waals surface area contributed by atoms with Crippen LogP contribution >= 0.6 is 0 Å². The highest BCUT2D eigenvalue weighted by molar-refractivity contribution is 5.28. The largest absolute Gasteiger partial charge is 0.467 e. The lowest BCUT2D eigenvalue weighted by Gasteiger charge is -2.19. The van der Waals surface area contributed by atoms with Gasteiger partial charge in [-0.05, 0) is 24.0 Å². The van der Waals surface area contributed by atoms with E-state index in [0.29, 0.717) is 6.01 Å². The van der Waals surface area contributed by atoms with Crippen molar-refractivity contribution in [3.05, 3.63) is 53.3 Å². The summed E-state index contributed by atoms with van der Waals surface area (Å²) < 4.78 is 4.99. The van der Waals surface area contributed by atoms with Gasteiger partial charge in [-0.15, -0.1) is 0 Å². The zero-order chi connectivity index (χ0) is 13.8. The van der Waals surface area contributed by atoms with Crippen molar-refractivity contribution in [3.8, 4) is 6.01 Å². The second-order valence-corrected chi connectivity index (χ2v) is 5.12. The van der Waals surface area contributed by atoms with Gasteiger partial charge in [-0.25, -0.2) is 9.97 Å². The lowest BCUT2D eigenvalue weighted by Crippen LogP contribution is -2.26. The quantitative estimate of drug-likeness (QED) is 0.855. The van der Waals surface area contributed by atoms with Crippen molar-refractivity contribution in [2.75, 3.05) is 20.2 Å². The molecule has 20 heavy (non-hydrogen) atoms. The molecule has 4 heteroatoms. The Bertz CT molecular complexity index is 541. The monoisotopic (exact) mass is 269 g/mol. The Morgan fingerprint density at radius 3 is 2.20 bits per heavy atom. The minimum atomic E-state index is 0.428. The summed E-state index contributed by atoms with van der Waals surface area (Å²) in [5.41, 5.74) is 4.11. The fraction of sp³-hybridized carbons (Fsp3) is 0.375. The van der Waals surface area contributed by atoms with Gasteiger partial charge in [0.1, 0.15) is 0 Å². The Morgan fingerprint density at radius 2 is 1.65 bits per heavy atom. The van der Waals surface area contributed by atoms with Crippen LogP contribution in [0.1, 0.15) is 16.7 Å². The summed E-state index contributed by atoms with van der Waals surface area (Å²) >= 11 is 0. The Hall–Kier alpha value is -1.94. The van der Waals surface area contributed by atoms with Gasteiger partial charge in [0.05, 0.1) is 7.11 Å². The van der Waals surface area contributed by atoms with Crippen LogP contribution in [-0.2, 0) is 19.4 Å². The molecule has 0 fully saturated rings. The van der Waals surface area contributed by atoms with Gasteiger partial charge in [0.2, 0.25) is 0 Å². The van der Waals surface area contributed by atoms with E-state index in [1.807, 2.05) is 12.4 Å². The number of aromatic nitrogens is 2. The topological polar surface area (TPSA) is 38.2 Å². The molecule has 4 nitrogen and oxygen atoms in total. The molecule has 1 aromatic carbocycles. The van der Waals surface area contributed by atoms with Crippen LogP contribution < -0.4 is 4.74 Å². The fourth-order valence-electron chi connectivity index (χ4n) is 2.66. The van der Waals surface area contributed by atoms with E-state index in [2.05, 4.69) is 39.1 Å². The van der Waals surface area contributed by atoms with Crippen molar-refractivity contribution in [1.29, 1.82) is 0 Å². The van der Waals surface area contributed by atoms with Crippen molar-refractivity contribution in [3.63, 3.8) is 0 Å². The van der Waals surface area contributed by atoms with Crippen LogP contribution in [0.5, 0.6) is 6.01 Å². The van der Waals surface area contributed by atoms with Crippen LogP contribution in [0.4, 0.5) is 0 Å². The molecule has 1 aliphatic rings. The summed E-state index contributed by atoms with van der Waals surface area (Å²) in [6, 6.07) is 9.18. The van der Waals surface area contributed by atoms with E-state index in [0.717, 1.165) is 38.0 Å². The van der Waals surface area contributed by atoms with Crippen molar-refractivity contribution >= 4 is 0 Å². The molecule has 3 rings (SSSR count). The summed E-state index contributed by atoms with van der Waals surface area (Å²) in [7, 11) is 1.58. The molecule has 0 amide bonds. The van der Waals surface area contributed by atoms with E-state index >= 15 is 0 Å². The molecule has 0 saturated heterocycles. The maximum absolute atomic E-state index is 4.99. The summed E-state index contributed by atoms with van der Waals surface area (Å²) in [5.74, 6) is 0. The van der Waals surface area contributed by atoms with Crippen molar-refractivity contribution in [2.24, 2.45) is 0 Å². The molecule has 2 aromatic rings. The summed E-state index contributed by atoms with van der Waals surface area (Å²) in [6.45, 7) is 3.07. The van der Waals surface area contributed by atoms with E-state index < -0.39 is 0 Å². The highest BCUT2D eigenvalue weighted by atomic mass is 16.5. The van der Waals surface area contributed by atoms with Gasteiger partial charge in [0, 0.05) is 37.6 Å². The average molecular weight is 269 g/mol. The summed E-state index contributed by atoms with van der Waals surface area (Å²) in [5, 5.41) is 0. The first kappa shape index (κ1) is 13.1. The van der Waals surface area contributed by atoms with Crippen LogP contribution in [0, 0.1) is 0 Å². The Balaban J connectivity index is 1.65. The zero-order valence-corrected chi connectivity index (χ0v) is 11.7. The van der Waals surface area contributed by atoms with Gasteiger partial charge < -0.3 is 4.74 Å². The molecular weight excluding hydrogens is 250 g/mol. The third kappa shape index (κ3) is 2.96. The molecule has 0 unspecified atom stereocenters. The first-order valence-electron chi connectivity index (χ1n) is 6.99. The minimum absolute atomic E-state index is 0.428. The number of nitrogens with zero attached hydrogens (tertiary/aromatic N) is 3. The normalized spacial score (nSPS) is 15.4. The number of hydrogen-bond donors (Lipinski definition) is 0. The Morgan fingerprint density at radius 1 is 1.05 bits per heavy atom. The molecule has 1 aliphatic heterocycles. The van der Waals surface area contributed by atoms with Crippen molar-refractivity contribution in [1.82, 2.24) is 14.9 Å². The number of fused-ring (bicyclic) bond motifs is 1. The minimum Gasteiger partial charge on any atom is -0.467 e. The van der Waals surface area contributed by atoms with Crippen LogP contribution in [0.25, 0.3) is 0 Å². The maximum atomic E-state index is 4.99. The third-order valence-electron chi connectivity index (χ3n) is 3.78. The Labute approximate surface area is 119 Å². The molecule has 2 heterocycles. The Kier molecular flexibility index (Phi) is 3.92. The highest BCUT2D eigenvalue weighted by Gasteiger charge is 2.13. The van der Waals surface area contributed by atoms with Crippen LogP contribution in [0.3, 0.4) is 0 Å². The lowest BCUT2D eigenvalue weighted by atomic mass is 10.0. The molecular formula is C16H19N3O. The molecule has 0 N–H and O–H groups in total. The van der Waals surface area contributed by atoms with E-state index in [9.17, 15) is 0 Å². The number of rotatable bonds is 3. The predicted molar refractivity (Wildman–Crippen MR) is 77.7 cm³/mol. The van der Waals surface area contributed by atoms with E-state index in [1.54, 1.807) is 7.11 Å². The number of benzene rings is 1. The van der Waals surface area contributed by atoms with Gasteiger partial charge >= 0.3 is 6.01 Å². The van der Waals surface area contributed by atoms with Crippen LogP contribution in [-0.4, -0.2) is 35.1 Å². The van der Waals surface area contributed by atoms with Crippen molar-refractivity contribution < 1.29 is 4.74 Å². The second-order valence-electron chi connectivity index (χ2n) is 5.12. The number of hydrogen-bond acceptors (Lipinski definition) is 4. The average Bonchev–Trinajstić information content (AvgIpc) is 2.71.